The third-order valence-electron chi connectivity index (χ3n) is 3.52. The molecule has 0 saturated heterocycles. The summed E-state index contributed by atoms with van der Waals surface area (Å²) in [5.41, 5.74) is 1.01. The topological polar surface area (TPSA) is 64.1 Å². The van der Waals surface area contributed by atoms with E-state index in [0.717, 1.165) is 24.2 Å². The molecule has 1 aromatic carbocycles. The summed E-state index contributed by atoms with van der Waals surface area (Å²) < 4.78 is 5.38. The number of carbonyl (C=O) groups is 1. The number of carbonyl (C=O) groups excluding carboxylic acids is 1. The van der Waals surface area contributed by atoms with Crippen LogP contribution in [0, 0.1) is 0 Å². The molecule has 1 saturated carbocycles. The Morgan fingerprint density at radius 1 is 1.30 bits per heavy atom. The SMILES string of the molecule is COc1ccccc1C1(NC(=O)c2cnccn2)CC1. The molecule has 0 radical (unpaired) electrons. The largest absolute Gasteiger partial charge is 0.496 e. The molecule has 5 nitrogen and oxygen atoms in total. The van der Waals surface area contributed by atoms with Crippen molar-refractivity contribution >= 4 is 5.91 Å². The van der Waals surface area contributed by atoms with E-state index >= 15 is 0 Å². The number of nitrogens with zero attached hydrogens (tertiary/aromatic N) is 2. The maximum atomic E-state index is 12.2. The highest BCUT2D eigenvalue weighted by atomic mass is 16.5. The molecule has 0 atom stereocenters. The number of methoxy groups -OCH3 is 1. The second-order valence-electron chi connectivity index (χ2n) is 4.83. The van der Waals surface area contributed by atoms with Crippen LogP contribution in [0.5, 0.6) is 5.75 Å². The first kappa shape index (κ1) is 12.6. The normalized spacial score (nSPS) is 15.4. The van der Waals surface area contributed by atoms with E-state index < -0.39 is 0 Å². The molecule has 0 aliphatic heterocycles. The fourth-order valence-electron chi connectivity index (χ4n) is 2.32. The van der Waals surface area contributed by atoms with Gasteiger partial charge in [-0.2, -0.15) is 0 Å². The van der Waals surface area contributed by atoms with Crippen LogP contribution in [0.25, 0.3) is 0 Å². The third-order valence-corrected chi connectivity index (χ3v) is 3.52. The number of nitrogens with one attached hydrogen (secondary N) is 1. The Balaban J connectivity index is 1.85. The molecule has 1 amide bonds. The van der Waals surface area contributed by atoms with Gasteiger partial charge in [-0.3, -0.25) is 9.78 Å². The minimum absolute atomic E-state index is 0.207. The highest BCUT2D eigenvalue weighted by Gasteiger charge is 2.47. The molecule has 3 rings (SSSR count). The third kappa shape index (κ3) is 2.22. The molecule has 0 spiro atoms. The number of benzene rings is 1. The summed E-state index contributed by atoms with van der Waals surface area (Å²) in [5, 5.41) is 3.05. The van der Waals surface area contributed by atoms with Gasteiger partial charge in [0.15, 0.2) is 0 Å². The minimum Gasteiger partial charge on any atom is -0.496 e. The van der Waals surface area contributed by atoms with Gasteiger partial charge in [0, 0.05) is 18.0 Å². The van der Waals surface area contributed by atoms with Crippen LogP contribution >= 0.6 is 0 Å². The van der Waals surface area contributed by atoms with Gasteiger partial charge in [-0.05, 0) is 18.9 Å². The van der Waals surface area contributed by atoms with Crippen molar-refractivity contribution in [2.24, 2.45) is 0 Å². The van der Waals surface area contributed by atoms with Crippen molar-refractivity contribution in [3.63, 3.8) is 0 Å². The fraction of sp³-hybridized carbons (Fsp3) is 0.267. The lowest BCUT2D eigenvalue weighted by molar-refractivity contribution is 0.0925. The summed E-state index contributed by atoms with van der Waals surface area (Å²) in [6, 6.07) is 7.77. The first-order valence-corrected chi connectivity index (χ1v) is 6.47. The Bertz CT molecular complexity index is 624. The number of rotatable bonds is 4. The van der Waals surface area contributed by atoms with E-state index in [0.29, 0.717) is 5.69 Å². The van der Waals surface area contributed by atoms with E-state index in [1.807, 2.05) is 24.3 Å². The van der Waals surface area contributed by atoms with E-state index in [9.17, 15) is 4.79 Å². The van der Waals surface area contributed by atoms with Crippen LogP contribution in [0.15, 0.2) is 42.9 Å². The van der Waals surface area contributed by atoms with Crippen molar-refractivity contribution in [3.05, 3.63) is 54.1 Å². The van der Waals surface area contributed by atoms with Gasteiger partial charge >= 0.3 is 0 Å². The molecular formula is C15H15N3O2. The number of ether oxygens (including phenoxy) is 1. The second-order valence-corrected chi connectivity index (χ2v) is 4.83. The average Bonchev–Trinajstić information content (AvgIpc) is 3.28. The first-order chi connectivity index (χ1) is 9.75. The number of amides is 1. The van der Waals surface area contributed by atoms with Crippen molar-refractivity contribution in [3.8, 4) is 5.75 Å². The van der Waals surface area contributed by atoms with Crippen LogP contribution in [0.1, 0.15) is 28.9 Å². The predicted molar refractivity (Wildman–Crippen MR) is 73.4 cm³/mol. The lowest BCUT2D eigenvalue weighted by atomic mass is 10.0. The minimum atomic E-state index is -0.332. The summed E-state index contributed by atoms with van der Waals surface area (Å²) in [7, 11) is 1.64. The molecule has 1 N–H and O–H groups in total. The summed E-state index contributed by atoms with van der Waals surface area (Å²) in [4.78, 5) is 20.2. The molecule has 2 aromatic rings. The number of para-hydroxylation sites is 1. The zero-order chi connectivity index (χ0) is 14.0. The molecule has 1 fully saturated rings. The average molecular weight is 269 g/mol. The molecule has 0 bridgehead atoms. The monoisotopic (exact) mass is 269 g/mol. The van der Waals surface area contributed by atoms with Gasteiger partial charge in [-0.25, -0.2) is 4.98 Å². The maximum Gasteiger partial charge on any atom is 0.272 e. The predicted octanol–water partition coefficient (Wildman–Crippen LogP) is 1.90. The van der Waals surface area contributed by atoms with Crippen LogP contribution in [0.4, 0.5) is 0 Å². The summed E-state index contributed by atoms with van der Waals surface area (Å²) in [6.07, 6.45) is 6.33. The summed E-state index contributed by atoms with van der Waals surface area (Å²) in [5.74, 6) is 0.589. The maximum absolute atomic E-state index is 12.2. The van der Waals surface area contributed by atoms with Crippen LogP contribution in [-0.2, 0) is 5.54 Å². The Morgan fingerprint density at radius 3 is 2.75 bits per heavy atom. The fourth-order valence-corrected chi connectivity index (χ4v) is 2.32. The van der Waals surface area contributed by atoms with Gasteiger partial charge < -0.3 is 10.1 Å². The molecule has 1 aliphatic rings. The van der Waals surface area contributed by atoms with Crippen LogP contribution in [0.3, 0.4) is 0 Å². The van der Waals surface area contributed by atoms with Crippen molar-refractivity contribution in [1.29, 1.82) is 0 Å². The quantitative estimate of drug-likeness (QED) is 0.920. The lowest BCUT2D eigenvalue weighted by Crippen LogP contribution is -2.35. The molecule has 0 unspecified atom stereocenters. The highest BCUT2D eigenvalue weighted by Crippen LogP contribution is 2.48. The lowest BCUT2D eigenvalue weighted by Gasteiger charge is -2.20. The Kier molecular flexibility index (Phi) is 3.10. The molecule has 5 heteroatoms. The zero-order valence-corrected chi connectivity index (χ0v) is 11.2. The first-order valence-electron chi connectivity index (χ1n) is 6.47. The van der Waals surface area contributed by atoms with Gasteiger partial charge in [0.25, 0.3) is 5.91 Å². The number of aromatic nitrogens is 2. The molecule has 102 valence electrons. The van der Waals surface area contributed by atoms with Crippen LogP contribution in [-0.4, -0.2) is 23.0 Å². The van der Waals surface area contributed by atoms with E-state index in [1.54, 1.807) is 13.3 Å². The molecule has 1 aliphatic carbocycles. The van der Waals surface area contributed by atoms with Crippen molar-refractivity contribution in [2.75, 3.05) is 7.11 Å². The van der Waals surface area contributed by atoms with Crippen molar-refractivity contribution in [2.45, 2.75) is 18.4 Å². The van der Waals surface area contributed by atoms with Crippen LogP contribution < -0.4 is 10.1 Å². The van der Waals surface area contributed by atoms with Gasteiger partial charge in [0.05, 0.1) is 18.8 Å². The van der Waals surface area contributed by atoms with E-state index in [4.69, 9.17) is 4.74 Å². The Hall–Kier alpha value is -2.43. The highest BCUT2D eigenvalue weighted by molar-refractivity contribution is 5.92. The number of hydrogen-bond donors (Lipinski definition) is 1. The number of hydrogen-bond acceptors (Lipinski definition) is 4. The smallest absolute Gasteiger partial charge is 0.272 e. The van der Waals surface area contributed by atoms with Crippen molar-refractivity contribution < 1.29 is 9.53 Å². The molecule has 1 aromatic heterocycles. The van der Waals surface area contributed by atoms with Crippen molar-refractivity contribution in [1.82, 2.24) is 15.3 Å². The second kappa shape index (κ2) is 4.92. The standard InChI is InChI=1S/C15H15N3O2/c1-20-13-5-3-2-4-11(13)15(6-7-15)18-14(19)12-10-16-8-9-17-12/h2-5,8-10H,6-7H2,1H3,(H,18,19). The van der Waals surface area contributed by atoms with Gasteiger partial charge in [0.2, 0.25) is 0 Å². The van der Waals surface area contributed by atoms with Gasteiger partial charge in [-0.15, -0.1) is 0 Å². The van der Waals surface area contributed by atoms with E-state index in [-0.39, 0.29) is 11.4 Å². The molecular weight excluding hydrogens is 254 g/mol. The summed E-state index contributed by atoms with van der Waals surface area (Å²) in [6.45, 7) is 0. The zero-order valence-electron chi connectivity index (χ0n) is 11.2. The van der Waals surface area contributed by atoms with Gasteiger partial charge in [-0.1, -0.05) is 18.2 Å². The Labute approximate surface area is 117 Å². The Morgan fingerprint density at radius 2 is 2.10 bits per heavy atom. The van der Waals surface area contributed by atoms with E-state index in [1.165, 1.54) is 12.4 Å². The van der Waals surface area contributed by atoms with Gasteiger partial charge in [0.1, 0.15) is 11.4 Å². The molecule has 1 heterocycles. The summed E-state index contributed by atoms with van der Waals surface area (Å²) >= 11 is 0. The van der Waals surface area contributed by atoms with Crippen LogP contribution in [0.2, 0.25) is 0 Å². The van der Waals surface area contributed by atoms with E-state index in [2.05, 4.69) is 15.3 Å². The molecule has 20 heavy (non-hydrogen) atoms.